The number of likely N-dealkylation sites (tertiary alicyclic amines) is 1. The quantitative estimate of drug-likeness (QED) is 0.614. The van der Waals surface area contributed by atoms with Gasteiger partial charge in [-0.05, 0) is 26.2 Å². The van der Waals surface area contributed by atoms with Crippen LogP contribution >= 0.6 is 0 Å². The van der Waals surface area contributed by atoms with Gasteiger partial charge in [0.05, 0.1) is 6.10 Å². The van der Waals surface area contributed by atoms with Crippen LogP contribution in [0.5, 0.6) is 0 Å². The molecular weight excluding hydrogens is 194 g/mol. The average Bonchev–Trinajstić information content (AvgIpc) is 2.26. The van der Waals surface area contributed by atoms with Crippen molar-refractivity contribution in [1.29, 1.82) is 0 Å². The van der Waals surface area contributed by atoms with E-state index in [-0.39, 0.29) is 6.03 Å². The average molecular weight is 215 g/mol. The predicted molar refractivity (Wildman–Crippen MR) is 58.5 cm³/mol. The van der Waals surface area contributed by atoms with E-state index in [4.69, 9.17) is 10.8 Å². The molecule has 0 aromatic carbocycles. The summed E-state index contributed by atoms with van der Waals surface area (Å²) in [7, 11) is 0. The number of nitrogens with zero attached hydrogens (tertiary/aromatic N) is 1. The van der Waals surface area contributed by atoms with E-state index in [0.29, 0.717) is 6.54 Å². The molecule has 0 spiro atoms. The smallest absolute Gasteiger partial charge is 0.317 e. The van der Waals surface area contributed by atoms with Gasteiger partial charge in [-0.2, -0.15) is 0 Å². The van der Waals surface area contributed by atoms with Crippen LogP contribution < -0.4 is 11.1 Å². The van der Waals surface area contributed by atoms with Crippen molar-refractivity contribution in [3.63, 3.8) is 0 Å². The highest BCUT2D eigenvalue weighted by molar-refractivity contribution is 5.74. The van der Waals surface area contributed by atoms with Gasteiger partial charge in [0.15, 0.2) is 0 Å². The van der Waals surface area contributed by atoms with E-state index in [2.05, 4.69) is 5.32 Å². The summed E-state index contributed by atoms with van der Waals surface area (Å²) in [6, 6.07) is -0.454. The Bertz CT molecular complexity index is 203. The van der Waals surface area contributed by atoms with Crippen molar-refractivity contribution < 1.29 is 9.90 Å². The lowest BCUT2D eigenvalue weighted by atomic mass is 10.1. The molecule has 1 saturated heterocycles. The molecule has 15 heavy (non-hydrogen) atoms. The zero-order valence-electron chi connectivity index (χ0n) is 9.28. The number of carbonyl (C=O) groups is 1. The largest absolute Gasteiger partial charge is 0.392 e. The normalized spacial score (nSPS) is 20.9. The minimum absolute atomic E-state index is 0.0641. The van der Waals surface area contributed by atoms with E-state index >= 15 is 0 Å². The van der Waals surface area contributed by atoms with Gasteiger partial charge in [0, 0.05) is 25.7 Å². The summed E-state index contributed by atoms with van der Waals surface area (Å²) in [5, 5.41) is 11.9. The Morgan fingerprint density at radius 1 is 1.47 bits per heavy atom. The molecule has 5 nitrogen and oxygen atoms in total. The summed E-state index contributed by atoms with van der Waals surface area (Å²) in [5.74, 6) is 0. The molecule has 1 heterocycles. The van der Waals surface area contributed by atoms with Gasteiger partial charge in [0.25, 0.3) is 0 Å². The molecule has 88 valence electrons. The zero-order chi connectivity index (χ0) is 11.3. The van der Waals surface area contributed by atoms with Gasteiger partial charge in [-0.1, -0.05) is 0 Å². The fourth-order valence-corrected chi connectivity index (χ4v) is 1.58. The molecule has 2 atom stereocenters. The number of piperidine rings is 1. The Kier molecular flexibility index (Phi) is 4.84. The summed E-state index contributed by atoms with van der Waals surface area (Å²) in [4.78, 5) is 13.4. The van der Waals surface area contributed by atoms with Crippen molar-refractivity contribution in [2.75, 3.05) is 19.6 Å². The second-order valence-corrected chi connectivity index (χ2v) is 4.14. The van der Waals surface area contributed by atoms with E-state index in [1.54, 1.807) is 11.8 Å². The van der Waals surface area contributed by atoms with Crippen LogP contribution in [0.3, 0.4) is 0 Å². The SMILES string of the molecule is CC(O)C(N)CNC(=O)N1CCCCC1. The minimum atomic E-state index is -0.591. The molecule has 0 aromatic heterocycles. The maximum absolute atomic E-state index is 11.6. The highest BCUT2D eigenvalue weighted by atomic mass is 16.3. The second kappa shape index (κ2) is 5.92. The Hall–Kier alpha value is -0.810. The van der Waals surface area contributed by atoms with Crippen LogP contribution in [0.1, 0.15) is 26.2 Å². The first kappa shape index (κ1) is 12.3. The van der Waals surface area contributed by atoms with Crippen LogP contribution in [0.2, 0.25) is 0 Å². The summed E-state index contributed by atoms with van der Waals surface area (Å²) >= 11 is 0. The molecule has 1 aliphatic heterocycles. The minimum Gasteiger partial charge on any atom is -0.392 e. The number of carbonyl (C=O) groups excluding carboxylic acids is 1. The van der Waals surface area contributed by atoms with Crippen LogP contribution in [-0.2, 0) is 0 Å². The van der Waals surface area contributed by atoms with E-state index in [1.165, 1.54) is 6.42 Å². The van der Waals surface area contributed by atoms with Gasteiger partial charge in [0.1, 0.15) is 0 Å². The number of rotatable bonds is 3. The lowest BCUT2D eigenvalue weighted by Gasteiger charge is -2.27. The molecule has 0 bridgehead atoms. The van der Waals surface area contributed by atoms with Gasteiger partial charge in [-0.3, -0.25) is 0 Å². The molecule has 1 aliphatic rings. The fourth-order valence-electron chi connectivity index (χ4n) is 1.58. The second-order valence-electron chi connectivity index (χ2n) is 4.14. The molecule has 2 unspecified atom stereocenters. The monoisotopic (exact) mass is 215 g/mol. The molecule has 0 radical (unpaired) electrons. The summed E-state index contributed by atoms with van der Waals surface area (Å²) < 4.78 is 0. The summed E-state index contributed by atoms with van der Waals surface area (Å²) in [6.07, 6.45) is 2.77. The zero-order valence-corrected chi connectivity index (χ0v) is 9.28. The van der Waals surface area contributed by atoms with Gasteiger partial charge < -0.3 is 21.1 Å². The number of nitrogens with two attached hydrogens (primary N) is 1. The van der Waals surface area contributed by atoms with Crippen molar-refractivity contribution in [3.8, 4) is 0 Å². The number of hydrogen-bond donors (Lipinski definition) is 3. The van der Waals surface area contributed by atoms with Gasteiger partial charge in [-0.25, -0.2) is 4.79 Å². The third-order valence-electron chi connectivity index (χ3n) is 2.75. The lowest BCUT2D eigenvalue weighted by molar-refractivity contribution is 0.156. The third kappa shape index (κ3) is 4.05. The topological polar surface area (TPSA) is 78.6 Å². The first-order valence-corrected chi connectivity index (χ1v) is 5.57. The maximum Gasteiger partial charge on any atom is 0.317 e. The number of nitrogens with one attached hydrogen (secondary N) is 1. The first-order valence-electron chi connectivity index (χ1n) is 5.57. The van der Waals surface area contributed by atoms with Gasteiger partial charge in [-0.15, -0.1) is 0 Å². The third-order valence-corrected chi connectivity index (χ3v) is 2.75. The molecule has 0 saturated carbocycles. The van der Waals surface area contributed by atoms with Crippen molar-refractivity contribution in [1.82, 2.24) is 10.2 Å². The van der Waals surface area contributed by atoms with Crippen LogP contribution in [0, 0.1) is 0 Å². The lowest BCUT2D eigenvalue weighted by Crippen LogP contribution is -2.49. The summed E-state index contributed by atoms with van der Waals surface area (Å²) in [6.45, 7) is 3.61. The fraction of sp³-hybridized carbons (Fsp3) is 0.900. The van der Waals surface area contributed by atoms with Crippen molar-refractivity contribution in [2.24, 2.45) is 5.73 Å². The number of aliphatic hydroxyl groups excluding tert-OH is 1. The molecule has 5 heteroatoms. The molecule has 1 fully saturated rings. The van der Waals surface area contributed by atoms with Gasteiger partial charge in [0.2, 0.25) is 0 Å². The van der Waals surface area contributed by atoms with Crippen molar-refractivity contribution in [3.05, 3.63) is 0 Å². The number of amides is 2. The Morgan fingerprint density at radius 2 is 2.07 bits per heavy atom. The molecule has 0 aromatic rings. The Morgan fingerprint density at radius 3 is 2.60 bits per heavy atom. The van der Waals surface area contributed by atoms with Crippen LogP contribution in [-0.4, -0.2) is 47.8 Å². The van der Waals surface area contributed by atoms with E-state index < -0.39 is 12.1 Å². The summed E-state index contributed by atoms with van der Waals surface area (Å²) in [5.41, 5.74) is 5.61. The van der Waals surface area contributed by atoms with Crippen LogP contribution in [0.15, 0.2) is 0 Å². The van der Waals surface area contributed by atoms with Crippen LogP contribution in [0.4, 0.5) is 4.79 Å². The highest BCUT2D eigenvalue weighted by Crippen LogP contribution is 2.08. The molecule has 2 amide bonds. The van der Waals surface area contributed by atoms with Crippen molar-refractivity contribution >= 4 is 6.03 Å². The molecular formula is C10H21N3O2. The Balaban J connectivity index is 2.22. The standard InChI is InChI=1S/C10H21N3O2/c1-8(14)9(11)7-12-10(15)13-5-3-2-4-6-13/h8-9,14H,2-7,11H2,1H3,(H,12,15). The number of aliphatic hydroxyl groups is 1. The van der Waals surface area contributed by atoms with E-state index in [1.807, 2.05) is 0 Å². The van der Waals surface area contributed by atoms with Crippen molar-refractivity contribution in [2.45, 2.75) is 38.3 Å². The molecule has 1 rings (SSSR count). The first-order chi connectivity index (χ1) is 7.11. The number of urea groups is 1. The predicted octanol–water partition coefficient (Wildman–Crippen LogP) is -0.110. The highest BCUT2D eigenvalue weighted by Gasteiger charge is 2.17. The molecule has 4 N–H and O–H groups in total. The van der Waals surface area contributed by atoms with E-state index in [9.17, 15) is 4.79 Å². The molecule has 0 aliphatic carbocycles. The van der Waals surface area contributed by atoms with E-state index in [0.717, 1.165) is 25.9 Å². The Labute approximate surface area is 90.6 Å². The number of hydrogen-bond acceptors (Lipinski definition) is 3. The van der Waals surface area contributed by atoms with Crippen LogP contribution in [0.25, 0.3) is 0 Å². The van der Waals surface area contributed by atoms with Gasteiger partial charge >= 0.3 is 6.03 Å². The maximum atomic E-state index is 11.6.